The molecule has 2 N–H and O–H groups in total. The highest BCUT2D eigenvalue weighted by Crippen LogP contribution is 2.31. The molecular formula is C10H14ClNS2. The van der Waals surface area contributed by atoms with Gasteiger partial charge in [-0.25, -0.2) is 0 Å². The van der Waals surface area contributed by atoms with E-state index in [4.69, 9.17) is 17.3 Å². The number of halogens is 1. The molecule has 2 rings (SSSR count). The fourth-order valence-corrected chi connectivity index (χ4v) is 4.05. The predicted molar refractivity (Wildman–Crippen MR) is 66.5 cm³/mol. The molecule has 1 aromatic rings. The van der Waals surface area contributed by atoms with Crippen LogP contribution in [0.15, 0.2) is 11.4 Å². The Labute approximate surface area is 98.0 Å². The van der Waals surface area contributed by atoms with Crippen LogP contribution in [-0.4, -0.2) is 17.0 Å². The van der Waals surface area contributed by atoms with Crippen molar-refractivity contribution in [2.75, 3.05) is 5.75 Å². The summed E-state index contributed by atoms with van der Waals surface area (Å²) in [6.45, 7) is 0. The molecule has 2 heterocycles. The van der Waals surface area contributed by atoms with Crippen LogP contribution in [0.2, 0.25) is 4.34 Å². The molecule has 0 spiro atoms. The van der Waals surface area contributed by atoms with Crippen LogP contribution in [0.5, 0.6) is 0 Å². The Morgan fingerprint density at radius 1 is 1.64 bits per heavy atom. The van der Waals surface area contributed by atoms with Gasteiger partial charge in [-0.1, -0.05) is 11.6 Å². The van der Waals surface area contributed by atoms with Gasteiger partial charge < -0.3 is 5.73 Å². The lowest BCUT2D eigenvalue weighted by Crippen LogP contribution is -2.32. The minimum atomic E-state index is 0.273. The summed E-state index contributed by atoms with van der Waals surface area (Å²) < 4.78 is 0.906. The van der Waals surface area contributed by atoms with Crippen LogP contribution < -0.4 is 5.73 Å². The van der Waals surface area contributed by atoms with Crippen molar-refractivity contribution in [2.24, 2.45) is 5.73 Å². The Hall–Kier alpha value is 0.300. The third-order valence-electron chi connectivity index (χ3n) is 2.59. The van der Waals surface area contributed by atoms with Crippen molar-refractivity contribution in [3.05, 3.63) is 21.3 Å². The van der Waals surface area contributed by atoms with Crippen LogP contribution in [-0.2, 0) is 6.42 Å². The van der Waals surface area contributed by atoms with E-state index in [2.05, 4.69) is 6.07 Å². The third kappa shape index (κ3) is 2.45. The van der Waals surface area contributed by atoms with E-state index in [1.807, 2.05) is 17.1 Å². The topological polar surface area (TPSA) is 26.0 Å². The first-order valence-electron chi connectivity index (χ1n) is 4.86. The second-order valence-corrected chi connectivity index (χ2v) is 6.50. The molecule has 14 heavy (non-hydrogen) atoms. The van der Waals surface area contributed by atoms with Crippen molar-refractivity contribution in [1.82, 2.24) is 0 Å². The van der Waals surface area contributed by atoms with Gasteiger partial charge in [-0.3, -0.25) is 0 Å². The van der Waals surface area contributed by atoms with Crippen LogP contribution in [0, 0.1) is 0 Å². The van der Waals surface area contributed by atoms with Crippen LogP contribution in [0.3, 0.4) is 0 Å². The fraction of sp³-hybridized carbons (Fsp3) is 0.600. The van der Waals surface area contributed by atoms with Crippen LogP contribution in [0.25, 0.3) is 0 Å². The van der Waals surface area contributed by atoms with E-state index in [0.29, 0.717) is 5.25 Å². The molecular weight excluding hydrogens is 234 g/mol. The summed E-state index contributed by atoms with van der Waals surface area (Å²) in [7, 11) is 0. The number of thioether (sulfide) groups is 1. The van der Waals surface area contributed by atoms with E-state index in [9.17, 15) is 0 Å². The van der Waals surface area contributed by atoms with Gasteiger partial charge in [0.15, 0.2) is 0 Å². The second-order valence-electron chi connectivity index (χ2n) is 3.64. The molecule has 0 radical (unpaired) electrons. The summed E-state index contributed by atoms with van der Waals surface area (Å²) >= 11 is 9.65. The average Bonchev–Trinajstić information content (AvgIpc) is 2.77. The van der Waals surface area contributed by atoms with Crippen LogP contribution in [0.4, 0.5) is 0 Å². The highest BCUT2D eigenvalue weighted by Gasteiger charge is 2.23. The quantitative estimate of drug-likeness (QED) is 0.888. The van der Waals surface area contributed by atoms with Gasteiger partial charge in [0.05, 0.1) is 4.34 Å². The van der Waals surface area contributed by atoms with Gasteiger partial charge in [-0.05, 0) is 42.0 Å². The van der Waals surface area contributed by atoms with Gasteiger partial charge >= 0.3 is 0 Å². The zero-order valence-corrected chi connectivity index (χ0v) is 10.3. The Kier molecular flexibility index (Phi) is 3.77. The summed E-state index contributed by atoms with van der Waals surface area (Å²) in [6, 6.07) is 2.36. The normalized spacial score (nSPS) is 24.0. The molecule has 78 valence electrons. The summed E-state index contributed by atoms with van der Waals surface area (Å²) in [5, 5.41) is 2.68. The summed E-state index contributed by atoms with van der Waals surface area (Å²) in [5.74, 6) is 1.27. The first-order valence-corrected chi connectivity index (χ1v) is 7.17. The molecule has 0 bridgehead atoms. The van der Waals surface area contributed by atoms with Gasteiger partial charge in [0.1, 0.15) is 0 Å². The maximum Gasteiger partial charge on any atom is 0.0960 e. The van der Waals surface area contributed by atoms with Gasteiger partial charge in [0.2, 0.25) is 0 Å². The SMILES string of the molecule is NC(Cc1ccsc1Cl)C1CCCS1. The van der Waals surface area contributed by atoms with Crippen molar-refractivity contribution in [1.29, 1.82) is 0 Å². The Bertz CT molecular complexity index is 294. The van der Waals surface area contributed by atoms with Crippen LogP contribution in [0.1, 0.15) is 18.4 Å². The molecule has 1 aliphatic heterocycles. The number of rotatable bonds is 3. The monoisotopic (exact) mass is 247 g/mol. The van der Waals surface area contributed by atoms with Crippen molar-refractivity contribution >= 4 is 34.7 Å². The standard InChI is InChI=1S/C10H14ClNS2/c11-10-7(3-5-14-10)6-8(12)9-2-1-4-13-9/h3,5,8-9H,1-2,4,6,12H2. The maximum absolute atomic E-state index is 6.16. The van der Waals surface area contributed by atoms with Crippen LogP contribution >= 0.6 is 34.7 Å². The third-order valence-corrected chi connectivity index (χ3v) is 5.38. The number of nitrogens with two attached hydrogens (primary N) is 1. The van der Waals surface area contributed by atoms with E-state index >= 15 is 0 Å². The highest BCUT2D eigenvalue weighted by atomic mass is 35.5. The lowest BCUT2D eigenvalue weighted by Gasteiger charge is -2.17. The van der Waals surface area contributed by atoms with Crippen molar-refractivity contribution in [3.63, 3.8) is 0 Å². The van der Waals surface area contributed by atoms with E-state index in [-0.39, 0.29) is 6.04 Å². The highest BCUT2D eigenvalue weighted by molar-refractivity contribution is 8.00. The molecule has 4 heteroatoms. The molecule has 2 atom stereocenters. The average molecular weight is 248 g/mol. The van der Waals surface area contributed by atoms with Crippen molar-refractivity contribution < 1.29 is 0 Å². The molecule has 0 aromatic carbocycles. The minimum absolute atomic E-state index is 0.273. The van der Waals surface area contributed by atoms with Crippen molar-refractivity contribution in [2.45, 2.75) is 30.6 Å². The first-order chi connectivity index (χ1) is 6.77. The predicted octanol–water partition coefficient (Wildman–Crippen LogP) is 3.17. The lowest BCUT2D eigenvalue weighted by molar-refractivity contribution is 0.610. The number of hydrogen-bond acceptors (Lipinski definition) is 3. The van der Waals surface area contributed by atoms with E-state index in [1.54, 1.807) is 11.3 Å². The minimum Gasteiger partial charge on any atom is -0.326 e. The summed E-state index contributed by atoms with van der Waals surface area (Å²) in [6.07, 6.45) is 3.52. The van der Waals surface area contributed by atoms with E-state index in [1.165, 1.54) is 24.2 Å². The molecule has 1 saturated heterocycles. The molecule has 1 fully saturated rings. The van der Waals surface area contributed by atoms with Gasteiger partial charge in [0.25, 0.3) is 0 Å². The van der Waals surface area contributed by atoms with E-state index < -0.39 is 0 Å². The molecule has 1 nitrogen and oxygen atoms in total. The fourth-order valence-electron chi connectivity index (χ4n) is 1.79. The van der Waals surface area contributed by atoms with Crippen molar-refractivity contribution in [3.8, 4) is 0 Å². The molecule has 0 amide bonds. The maximum atomic E-state index is 6.16. The van der Waals surface area contributed by atoms with Gasteiger partial charge in [-0.2, -0.15) is 11.8 Å². The van der Waals surface area contributed by atoms with E-state index in [0.717, 1.165) is 10.8 Å². The zero-order valence-electron chi connectivity index (χ0n) is 7.91. The molecule has 2 unspecified atom stereocenters. The molecule has 0 aliphatic carbocycles. The largest absolute Gasteiger partial charge is 0.326 e. The van der Waals surface area contributed by atoms with Gasteiger partial charge in [0, 0.05) is 11.3 Å². The zero-order chi connectivity index (χ0) is 9.97. The molecule has 0 saturated carbocycles. The first kappa shape index (κ1) is 10.8. The molecule has 1 aliphatic rings. The number of hydrogen-bond donors (Lipinski definition) is 1. The molecule has 1 aromatic heterocycles. The van der Waals surface area contributed by atoms with Gasteiger partial charge in [-0.15, -0.1) is 11.3 Å². The number of thiophene rings is 1. The summed E-state index contributed by atoms with van der Waals surface area (Å²) in [4.78, 5) is 0. The smallest absolute Gasteiger partial charge is 0.0960 e. The Morgan fingerprint density at radius 3 is 3.07 bits per heavy atom. The Morgan fingerprint density at radius 2 is 2.50 bits per heavy atom. The lowest BCUT2D eigenvalue weighted by atomic mass is 10.0. The summed E-state index contributed by atoms with van der Waals surface area (Å²) in [5.41, 5.74) is 7.38. The Balaban J connectivity index is 1.93. The second kappa shape index (κ2) is 4.88.